The molecule has 7 heteroatoms. The molecule has 2 rings (SSSR count). The Bertz CT molecular complexity index is 520. The van der Waals surface area contributed by atoms with Crippen LogP contribution < -0.4 is 0 Å². The second-order valence-electron chi connectivity index (χ2n) is 6.47. The van der Waals surface area contributed by atoms with Gasteiger partial charge in [0.25, 0.3) is 0 Å². The number of carbonyl (C=O) groups excluding carboxylic acids is 1. The third-order valence-electron chi connectivity index (χ3n) is 4.42. The summed E-state index contributed by atoms with van der Waals surface area (Å²) in [5.41, 5.74) is -1.00. The number of esters is 1. The average molecular weight is 310 g/mol. The molecular formula is C15H23BO6. The molecule has 1 unspecified atom stereocenters. The first-order valence-corrected chi connectivity index (χ1v) is 7.32. The van der Waals surface area contributed by atoms with Crippen molar-refractivity contribution in [3.63, 3.8) is 0 Å². The molecule has 122 valence electrons. The lowest BCUT2D eigenvalue weighted by Crippen LogP contribution is -2.41. The van der Waals surface area contributed by atoms with Gasteiger partial charge >= 0.3 is 13.1 Å². The summed E-state index contributed by atoms with van der Waals surface area (Å²) in [5.74, 6) is 0.157. The molecule has 1 N–H and O–H groups in total. The summed E-state index contributed by atoms with van der Waals surface area (Å²) in [7, 11) is 0.715. The summed E-state index contributed by atoms with van der Waals surface area (Å²) >= 11 is 0. The number of hydrogen-bond acceptors (Lipinski definition) is 6. The van der Waals surface area contributed by atoms with Gasteiger partial charge in [0, 0.05) is 0 Å². The first-order chi connectivity index (χ1) is 10.2. The highest BCUT2D eigenvalue weighted by Gasteiger charge is 2.55. The fraction of sp³-hybridized carbons (Fsp3) is 0.667. The third kappa shape index (κ3) is 3.21. The van der Waals surface area contributed by atoms with Gasteiger partial charge in [0.1, 0.15) is 18.1 Å². The van der Waals surface area contributed by atoms with Crippen LogP contribution in [0.5, 0.6) is 0 Å². The zero-order valence-electron chi connectivity index (χ0n) is 13.7. The Kier molecular flexibility index (Phi) is 4.70. The Morgan fingerprint density at radius 3 is 2.32 bits per heavy atom. The maximum absolute atomic E-state index is 11.7. The van der Waals surface area contributed by atoms with Crippen LogP contribution >= 0.6 is 0 Å². The van der Waals surface area contributed by atoms with Gasteiger partial charge in [0.15, 0.2) is 0 Å². The molecule has 1 aromatic rings. The van der Waals surface area contributed by atoms with Crippen LogP contribution in [0.3, 0.4) is 0 Å². The van der Waals surface area contributed by atoms with Crippen molar-refractivity contribution in [2.45, 2.75) is 57.7 Å². The van der Waals surface area contributed by atoms with E-state index >= 15 is 0 Å². The summed E-state index contributed by atoms with van der Waals surface area (Å²) < 4.78 is 22.4. The Labute approximate surface area is 130 Å². The fourth-order valence-electron chi connectivity index (χ4n) is 2.33. The standard InChI is InChI=1S/C15H23BO6/c1-14(2)15(3,4)22-16(21-14)11(8-13(18)19-5)12-7-6-10(9-17)20-12/h6-7,11,17H,8-9H2,1-5H3. The highest BCUT2D eigenvalue weighted by molar-refractivity contribution is 6.47. The van der Waals surface area contributed by atoms with Crippen molar-refractivity contribution in [1.82, 2.24) is 0 Å². The summed E-state index contributed by atoms with van der Waals surface area (Å²) in [5, 5.41) is 9.14. The van der Waals surface area contributed by atoms with Crippen LogP contribution in [0, 0.1) is 0 Å². The summed E-state index contributed by atoms with van der Waals surface area (Å²) in [6, 6.07) is 3.40. The van der Waals surface area contributed by atoms with Crippen molar-refractivity contribution in [3.8, 4) is 0 Å². The Balaban J connectivity index is 2.27. The number of hydrogen-bond donors (Lipinski definition) is 1. The topological polar surface area (TPSA) is 78.1 Å². The first kappa shape index (κ1) is 17.1. The van der Waals surface area contributed by atoms with Crippen molar-refractivity contribution >= 4 is 13.1 Å². The van der Waals surface area contributed by atoms with E-state index in [2.05, 4.69) is 0 Å². The average Bonchev–Trinajstić information content (AvgIpc) is 2.98. The fourth-order valence-corrected chi connectivity index (χ4v) is 2.33. The van der Waals surface area contributed by atoms with Gasteiger partial charge in [-0.15, -0.1) is 0 Å². The van der Waals surface area contributed by atoms with E-state index in [0.717, 1.165) is 0 Å². The van der Waals surface area contributed by atoms with Crippen LogP contribution in [0.1, 0.15) is 51.5 Å². The van der Waals surface area contributed by atoms with Gasteiger partial charge in [-0.25, -0.2) is 0 Å². The SMILES string of the molecule is COC(=O)CC(B1OC(C)(C)C(C)(C)O1)c1ccc(CO)o1. The van der Waals surface area contributed by atoms with Gasteiger partial charge in [-0.05, 0) is 39.8 Å². The smallest absolute Gasteiger partial charge is 0.469 e. The zero-order valence-corrected chi connectivity index (χ0v) is 13.7. The third-order valence-corrected chi connectivity index (χ3v) is 4.42. The number of aliphatic hydroxyl groups is 1. The number of aliphatic hydroxyl groups excluding tert-OH is 1. The van der Waals surface area contributed by atoms with Crippen molar-refractivity contribution < 1.29 is 28.4 Å². The normalized spacial score (nSPS) is 20.9. The Morgan fingerprint density at radius 2 is 1.86 bits per heavy atom. The molecule has 0 radical (unpaired) electrons. The van der Waals surface area contributed by atoms with Gasteiger partial charge in [-0.1, -0.05) is 0 Å². The molecule has 0 aliphatic carbocycles. The minimum absolute atomic E-state index is 0.0751. The molecule has 2 heterocycles. The predicted molar refractivity (Wildman–Crippen MR) is 80.1 cm³/mol. The van der Waals surface area contributed by atoms with Gasteiger partial charge in [0.2, 0.25) is 0 Å². The molecule has 1 saturated heterocycles. The maximum Gasteiger partial charge on any atom is 0.469 e. The molecular weight excluding hydrogens is 287 g/mol. The second kappa shape index (κ2) is 6.06. The van der Waals surface area contributed by atoms with E-state index in [-0.39, 0.29) is 19.0 Å². The number of rotatable bonds is 5. The van der Waals surface area contributed by atoms with Crippen molar-refractivity contribution in [1.29, 1.82) is 0 Å². The highest BCUT2D eigenvalue weighted by atomic mass is 16.7. The van der Waals surface area contributed by atoms with Gasteiger partial charge < -0.3 is 23.6 Å². The maximum atomic E-state index is 11.7. The molecule has 1 aliphatic rings. The van der Waals surface area contributed by atoms with E-state index < -0.39 is 24.1 Å². The molecule has 1 fully saturated rings. The first-order valence-electron chi connectivity index (χ1n) is 7.32. The second-order valence-corrected chi connectivity index (χ2v) is 6.47. The van der Waals surface area contributed by atoms with Crippen LogP contribution in [-0.4, -0.2) is 36.5 Å². The van der Waals surface area contributed by atoms with E-state index in [1.807, 2.05) is 27.7 Å². The molecule has 0 saturated carbocycles. The van der Waals surface area contributed by atoms with E-state index in [9.17, 15) is 4.79 Å². The Morgan fingerprint density at radius 1 is 1.27 bits per heavy atom. The lowest BCUT2D eigenvalue weighted by Gasteiger charge is -2.32. The van der Waals surface area contributed by atoms with Crippen molar-refractivity contribution in [2.75, 3.05) is 7.11 Å². The van der Waals surface area contributed by atoms with Crippen LogP contribution in [0.15, 0.2) is 16.5 Å². The molecule has 1 atom stereocenters. The molecule has 6 nitrogen and oxygen atoms in total. The van der Waals surface area contributed by atoms with Crippen molar-refractivity contribution in [3.05, 3.63) is 23.7 Å². The number of carbonyl (C=O) groups is 1. The van der Waals surface area contributed by atoms with Gasteiger partial charge in [0.05, 0.1) is 30.5 Å². The zero-order chi connectivity index (χ0) is 16.5. The van der Waals surface area contributed by atoms with Crippen LogP contribution in [0.4, 0.5) is 0 Å². The largest absolute Gasteiger partial charge is 0.469 e. The van der Waals surface area contributed by atoms with E-state index in [1.165, 1.54) is 7.11 Å². The summed E-state index contributed by atoms with van der Waals surface area (Å²) in [4.78, 5) is 11.7. The molecule has 22 heavy (non-hydrogen) atoms. The minimum atomic E-state index is -0.623. The molecule has 0 amide bonds. The van der Waals surface area contributed by atoms with Crippen molar-refractivity contribution in [2.24, 2.45) is 0 Å². The lowest BCUT2D eigenvalue weighted by molar-refractivity contribution is -0.140. The monoisotopic (exact) mass is 310 g/mol. The quantitative estimate of drug-likeness (QED) is 0.662. The summed E-state index contributed by atoms with van der Waals surface area (Å²) in [6.07, 6.45) is 0.0751. The molecule has 0 spiro atoms. The van der Waals surface area contributed by atoms with Gasteiger partial charge in [-0.2, -0.15) is 0 Å². The molecule has 0 bridgehead atoms. The molecule has 1 aromatic heterocycles. The van der Waals surface area contributed by atoms with Crippen LogP contribution in [0.2, 0.25) is 0 Å². The number of ether oxygens (including phenoxy) is 1. The Hall–Kier alpha value is -1.31. The lowest BCUT2D eigenvalue weighted by atomic mass is 9.68. The number of furan rings is 1. The van der Waals surface area contributed by atoms with Gasteiger partial charge in [-0.3, -0.25) is 4.79 Å². The van der Waals surface area contributed by atoms with Crippen LogP contribution in [0.25, 0.3) is 0 Å². The summed E-state index contributed by atoms with van der Waals surface area (Å²) in [6.45, 7) is 7.59. The van der Waals surface area contributed by atoms with E-state index in [1.54, 1.807) is 12.1 Å². The minimum Gasteiger partial charge on any atom is -0.469 e. The van der Waals surface area contributed by atoms with E-state index in [4.69, 9.17) is 23.6 Å². The molecule has 0 aromatic carbocycles. The number of methoxy groups -OCH3 is 1. The van der Waals surface area contributed by atoms with E-state index in [0.29, 0.717) is 11.5 Å². The van der Waals surface area contributed by atoms with Crippen LogP contribution in [-0.2, 0) is 25.4 Å². The highest BCUT2D eigenvalue weighted by Crippen LogP contribution is 2.42. The predicted octanol–water partition coefficient (Wildman–Crippen LogP) is 2.05. The molecule has 1 aliphatic heterocycles.